The van der Waals surface area contributed by atoms with Crippen LogP contribution in [-0.2, 0) is 14.8 Å². The van der Waals surface area contributed by atoms with Gasteiger partial charge in [-0.25, -0.2) is 12.8 Å². The second kappa shape index (κ2) is 5.91. The van der Waals surface area contributed by atoms with Crippen molar-refractivity contribution in [3.8, 4) is 0 Å². The molecule has 6 nitrogen and oxygen atoms in total. The fourth-order valence-electron chi connectivity index (χ4n) is 2.12. The Hall–Kier alpha value is -1.97. The summed E-state index contributed by atoms with van der Waals surface area (Å²) in [5, 5.41) is 5.25. The van der Waals surface area contributed by atoms with E-state index in [2.05, 4.69) is 31.3 Å². The summed E-state index contributed by atoms with van der Waals surface area (Å²) < 4.78 is 40.6. The average molecular weight is 400 g/mol. The van der Waals surface area contributed by atoms with Crippen LogP contribution in [0.1, 0.15) is 0 Å². The zero-order valence-corrected chi connectivity index (χ0v) is 13.9. The SMILES string of the molecule is O=C(Nc1ccc(Br)cc1)[C@H]1Nc2cc(F)ccc2S(=O)(=O)N1. The number of amides is 1. The topological polar surface area (TPSA) is 87.3 Å². The van der Waals surface area contributed by atoms with Gasteiger partial charge in [-0.2, -0.15) is 4.72 Å². The molecule has 2 aromatic rings. The minimum Gasteiger partial charge on any atom is -0.360 e. The predicted molar refractivity (Wildman–Crippen MR) is 86.9 cm³/mol. The molecule has 9 heteroatoms. The van der Waals surface area contributed by atoms with E-state index in [1.165, 1.54) is 0 Å². The molecule has 120 valence electrons. The maximum absolute atomic E-state index is 13.3. The summed E-state index contributed by atoms with van der Waals surface area (Å²) >= 11 is 3.28. The summed E-state index contributed by atoms with van der Waals surface area (Å²) in [7, 11) is -3.90. The van der Waals surface area contributed by atoms with Crippen LogP contribution in [0.2, 0.25) is 0 Å². The molecule has 0 aromatic heterocycles. The first-order chi connectivity index (χ1) is 10.8. The van der Waals surface area contributed by atoms with E-state index in [1.54, 1.807) is 24.3 Å². The normalized spacial score (nSPS) is 18.6. The standard InChI is InChI=1S/C14H11BrFN3O3S/c15-8-1-4-10(5-2-8)17-14(20)13-18-11-7-9(16)3-6-12(11)23(21,22)19-13/h1-7,13,18-19H,(H,17,20)/t13-/m0/s1. The van der Waals surface area contributed by atoms with Crippen LogP contribution >= 0.6 is 15.9 Å². The largest absolute Gasteiger partial charge is 0.360 e. The van der Waals surface area contributed by atoms with Gasteiger partial charge in [0, 0.05) is 10.2 Å². The molecule has 1 aliphatic heterocycles. The number of hydrogen-bond donors (Lipinski definition) is 3. The highest BCUT2D eigenvalue weighted by Crippen LogP contribution is 2.27. The summed E-state index contributed by atoms with van der Waals surface area (Å²) in [6.07, 6.45) is -1.24. The van der Waals surface area contributed by atoms with Gasteiger partial charge in [0.15, 0.2) is 6.17 Å². The third kappa shape index (κ3) is 3.36. The van der Waals surface area contributed by atoms with E-state index < -0.39 is 27.9 Å². The molecular formula is C14H11BrFN3O3S. The molecule has 1 amide bonds. The van der Waals surface area contributed by atoms with Crippen LogP contribution in [-0.4, -0.2) is 20.5 Å². The fourth-order valence-corrected chi connectivity index (χ4v) is 3.64. The van der Waals surface area contributed by atoms with E-state index in [0.29, 0.717) is 5.69 Å². The number of nitrogens with one attached hydrogen (secondary N) is 3. The molecule has 1 heterocycles. The number of fused-ring (bicyclic) bond motifs is 1. The highest BCUT2D eigenvalue weighted by Gasteiger charge is 2.33. The summed E-state index contributed by atoms with van der Waals surface area (Å²) in [6.45, 7) is 0. The van der Waals surface area contributed by atoms with Crippen molar-refractivity contribution in [1.82, 2.24) is 4.72 Å². The number of halogens is 2. The predicted octanol–water partition coefficient (Wildman–Crippen LogP) is 2.26. The second-order valence-corrected chi connectivity index (χ2v) is 7.43. The molecule has 0 saturated carbocycles. The van der Waals surface area contributed by atoms with Gasteiger partial charge in [0.25, 0.3) is 5.91 Å². The van der Waals surface area contributed by atoms with Gasteiger partial charge in [0.05, 0.1) is 5.69 Å². The first-order valence-electron chi connectivity index (χ1n) is 6.50. The van der Waals surface area contributed by atoms with Crippen molar-refractivity contribution in [2.75, 3.05) is 10.6 Å². The first kappa shape index (κ1) is 15.9. The Morgan fingerprint density at radius 2 is 1.87 bits per heavy atom. The Bertz CT molecular complexity index is 871. The number of benzene rings is 2. The Morgan fingerprint density at radius 1 is 1.17 bits per heavy atom. The van der Waals surface area contributed by atoms with Crippen molar-refractivity contribution >= 4 is 43.2 Å². The summed E-state index contributed by atoms with van der Waals surface area (Å²) in [4.78, 5) is 12.1. The molecule has 23 heavy (non-hydrogen) atoms. The molecule has 0 radical (unpaired) electrons. The molecule has 0 bridgehead atoms. The van der Waals surface area contributed by atoms with Gasteiger partial charge in [0.2, 0.25) is 10.0 Å². The Balaban J connectivity index is 1.84. The molecular weight excluding hydrogens is 389 g/mol. The summed E-state index contributed by atoms with van der Waals surface area (Å²) in [6, 6.07) is 10.0. The number of carbonyl (C=O) groups is 1. The van der Waals surface area contributed by atoms with Gasteiger partial charge in [-0.15, -0.1) is 0 Å². The van der Waals surface area contributed by atoms with E-state index >= 15 is 0 Å². The molecule has 0 fully saturated rings. The van der Waals surface area contributed by atoms with Gasteiger partial charge in [0.1, 0.15) is 10.7 Å². The van der Waals surface area contributed by atoms with Gasteiger partial charge in [-0.05, 0) is 42.5 Å². The quantitative estimate of drug-likeness (QED) is 0.722. The molecule has 0 unspecified atom stereocenters. The van der Waals surface area contributed by atoms with Crippen LogP contribution < -0.4 is 15.4 Å². The van der Waals surface area contributed by atoms with Crippen molar-refractivity contribution in [1.29, 1.82) is 0 Å². The first-order valence-corrected chi connectivity index (χ1v) is 8.78. The number of carbonyl (C=O) groups excluding carboxylic acids is 1. The molecule has 1 aliphatic rings. The fraction of sp³-hybridized carbons (Fsp3) is 0.0714. The van der Waals surface area contributed by atoms with E-state index in [4.69, 9.17) is 0 Å². The maximum atomic E-state index is 13.3. The van der Waals surface area contributed by atoms with Crippen molar-refractivity contribution in [2.45, 2.75) is 11.1 Å². The van der Waals surface area contributed by atoms with E-state index in [9.17, 15) is 17.6 Å². The minimum absolute atomic E-state index is 0.0414. The van der Waals surface area contributed by atoms with E-state index in [0.717, 1.165) is 22.7 Å². The van der Waals surface area contributed by atoms with Crippen LogP contribution in [0.3, 0.4) is 0 Å². The second-order valence-electron chi connectivity index (χ2n) is 4.84. The van der Waals surface area contributed by atoms with Crippen molar-refractivity contribution in [2.24, 2.45) is 0 Å². The molecule has 3 N–H and O–H groups in total. The van der Waals surface area contributed by atoms with Gasteiger partial charge in [-0.1, -0.05) is 15.9 Å². The zero-order chi connectivity index (χ0) is 16.6. The monoisotopic (exact) mass is 399 g/mol. The molecule has 0 saturated heterocycles. The van der Waals surface area contributed by atoms with Crippen LogP contribution in [0.4, 0.5) is 15.8 Å². The Morgan fingerprint density at radius 3 is 2.57 bits per heavy atom. The average Bonchev–Trinajstić information content (AvgIpc) is 2.48. The third-order valence-corrected chi connectivity index (χ3v) is 5.19. The highest BCUT2D eigenvalue weighted by atomic mass is 79.9. The molecule has 0 spiro atoms. The number of rotatable bonds is 2. The van der Waals surface area contributed by atoms with Crippen molar-refractivity contribution < 1.29 is 17.6 Å². The number of anilines is 2. The van der Waals surface area contributed by atoms with Gasteiger partial charge < -0.3 is 10.6 Å². The lowest BCUT2D eigenvalue weighted by Gasteiger charge is -2.27. The molecule has 2 aromatic carbocycles. The van der Waals surface area contributed by atoms with Crippen LogP contribution in [0, 0.1) is 5.82 Å². The van der Waals surface area contributed by atoms with Crippen LogP contribution in [0.5, 0.6) is 0 Å². The van der Waals surface area contributed by atoms with Crippen LogP contribution in [0.25, 0.3) is 0 Å². The lowest BCUT2D eigenvalue weighted by atomic mass is 10.2. The Kier molecular flexibility index (Phi) is 4.09. The Labute approximate surface area is 140 Å². The van der Waals surface area contributed by atoms with Crippen molar-refractivity contribution in [3.63, 3.8) is 0 Å². The third-order valence-electron chi connectivity index (χ3n) is 3.18. The number of sulfonamides is 1. The zero-order valence-electron chi connectivity index (χ0n) is 11.5. The van der Waals surface area contributed by atoms with Gasteiger partial charge in [-0.3, -0.25) is 4.79 Å². The maximum Gasteiger partial charge on any atom is 0.262 e. The highest BCUT2D eigenvalue weighted by molar-refractivity contribution is 9.10. The summed E-state index contributed by atoms with van der Waals surface area (Å²) in [5.74, 6) is -1.20. The van der Waals surface area contributed by atoms with Gasteiger partial charge >= 0.3 is 0 Å². The van der Waals surface area contributed by atoms with E-state index in [-0.39, 0.29) is 10.6 Å². The minimum atomic E-state index is -3.90. The molecule has 1 atom stereocenters. The smallest absolute Gasteiger partial charge is 0.262 e. The molecule has 3 rings (SSSR count). The van der Waals surface area contributed by atoms with Crippen molar-refractivity contribution in [3.05, 3.63) is 52.8 Å². The van der Waals surface area contributed by atoms with Crippen LogP contribution in [0.15, 0.2) is 51.8 Å². The lowest BCUT2D eigenvalue weighted by Crippen LogP contribution is -2.51. The summed E-state index contributed by atoms with van der Waals surface area (Å²) in [5.41, 5.74) is 0.545. The molecule has 0 aliphatic carbocycles. The number of hydrogen-bond acceptors (Lipinski definition) is 4. The lowest BCUT2D eigenvalue weighted by molar-refractivity contribution is -0.117. The van der Waals surface area contributed by atoms with E-state index in [1.807, 2.05) is 0 Å².